The minimum Gasteiger partial charge on any atom is -0.435 e. The van der Waals surface area contributed by atoms with Crippen molar-refractivity contribution < 1.29 is 18.3 Å². The summed E-state index contributed by atoms with van der Waals surface area (Å²) in [6, 6.07) is 9.15. The van der Waals surface area contributed by atoms with Crippen molar-refractivity contribution in [1.29, 1.82) is 0 Å². The van der Waals surface area contributed by atoms with Crippen molar-refractivity contribution in [3.8, 4) is 17.4 Å². The summed E-state index contributed by atoms with van der Waals surface area (Å²) in [5.74, 6) is -0.0188. The molecule has 1 fully saturated rings. The van der Waals surface area contributed by atoms with Crippen molar-refractivity contribution in [2.45, 2.75) is 38.7 Å². The molecule has 1 atom stereocenters. The molecule has 1 aliphatic carbocycles. The molecule has 2 aromatic heterocycles. The van der Waals surface area contributed by atoms with E-state index < -0.39 is 12.2 Å². The third-order valence-electron chi connectivity index (χ3n) is 5.58. The van der Waals surface area contributed by atoms with Crippen LogP contribution < -0.4 is 10.3 Å². The number of nitrogens with zero attached hydrogens (tertiary/aromatic N) is 3. The number of ether oxygens (including phenoxy) is 1. The van der Waals surface area contributed by atoms with Gasteiger partial charge in [0, 0.05) is 24.9 Å². The number of rotatable bonds is 8. The Bertz CT molecular complexity index is 1130. The van der Waals surface area contributed by atoms with E-state index in [2.05, 4.69) is 31.6 Å². The van der Waals surface area contributed by atoms with Gasteiger partial charge in [-0.05, 0) is 47.9 Å². The van der Waals surface area contributed by atoms with Crippen LogP contribution in [-0.2, 0) is 0 Å². The standard InChI is InChI=1S/C22H20F2N4O3/c1-22(7-8-22)15(13-3-5-14(6-4-13)31-21(23)24)11-17(29)16-12-18(30)28-20(27-16)19-25-9-2-10-26-19/h2-6,9-10,12,15,21H,7-8,11H2,1H3,(H,27,28,30)/t15-/m0/s1. The molecule has 0 spiro atoms. The van der Waals surface area contributed by atoms with Crippen LogP contribution in [0.15, 0.2) is 53.6 Å². The number of aromatic amines is 1. The maximum absolute atomic E-state index is 13.1. The van der Waals surface area contributed by atoms with Crippen molar-refractivity contribution in [1.82, 2.24) is 19.9 Å². The number of carbonyl (C=O) groups is 1. The zero-order valence-corrected chi connectivity index (χ0v) is 16.7. The number of carbonyl (C=O) groups excluding carboxylic acids is 1. The molecule has 0 saturated heterocycles. The summed E-state index contributed by atoms with van der Waals surface area (Å²) in [6.07, 6.45) is 5.07. The minimum atomic E-state index is -2.89. The summed E-state index contributed by atoms with van der Waals surface area (Å²) in [6.45, 7) is -0.808. The van der Waals surface area contributed by atoms with Crippen molar-refractivity contribution in [2.24, 2.45) is 5.41 Å². The van der Waals surface area contributed by atoms with E-state index >= 15 is 0 Å². The van der Waals surface area contributed by atoms with Crippen LogP contribution >= 0.6 is 0 Å². The molecule has 0 radical (unpaired) electrons. The Labute approximate surface area is 176 Å². The van der Waals surface area contributed by atoms with Gasteiger partial charge in [-0.1, -0.05) is 19.1 Å². The quantitative estimate of drug-likeness (QED) is 0.547. The van der Waals surface area contributed by atoms with Gasteiger partial charge in [0.2, 0.25) is 0 Å². The van der Waals surface area contributed by atoms with E-state index in [-0.39, 0.29) is 46.6 Å². The fraction of sp³-hybridized carbons (Fsp3) is 0.318. The Kier molecular flexibility index (Phi) is 5.58. The van der Waals surface area contributed by atoms with Crippen LogP contribution in [0.25, 0.3) is 11.6 Å². The molecule has 9 heteroatoms. The molecule has 31 heavy (non-hydrogen) atoms. The van der Waals surface area contributed by atoms with Crippen LogP contribution in [0.5, 0.6) is 5.75 Å². The topological polar surface area (TPSA) is 97.8 Å². The predicted molar refractivity (Wildman–Crippen MR) is 108 cm³/mol. The highest BCUT2D eigenvalue weighted by atomic mass is 19.3. The molecular formula is C22H20F2N4O3. The number of alkyl halides is 2. The summed E-state index contributed by atoms with van der Waals surface area (Å²) in [7, 11) is 0. The molecule has 4 rings (SSSR count). The fourth-order valence-corrected chi connectivity index (χ4v) is 3.61. The number of benzene rings is 1. The number of aromatic nitrogens is 4. The lowest BCUT2D eigenvalue weighted by Gasteiger charge is -2.23. The Morgan fingerprint density at radius 2 is 1.87 bits per heavy atom. The van der Waals surface area contributed by atoms with Gasteiger partial charge in [-0.3, -0.25) is 9.59 Å². The van der Waals surface area contributed by atoms with Crippen molar-refractivity contribution >= 4 is 5.78 Å². The Morgan fingerprint density at radius 3 is 2.48 bits per heavy atom. The lowest BCUT2D eigenvalue weighted by atomic mass is 9.80. The minimum absolute atomic E-state index is 0.0399. The number of Topliss-reactive ketones (excluding diaryl/α,β-unsaturated/α-hetero) is 1. The summed E-state index contributed by atoms with van der Waals surface area (Å²) >= 11 is 0. The molecule has 0 aliphatic heterocycles. The molecule has 0 amide bonds. The van der Waals surface area contributed by atoms with E-state index in [4.69, 9.17) is 0 Å². The van der Waals surface area contributed by atoms with Gasteiger partial charge >= 0.3 is 6.61 Å². The fourth-order valence-electron chi connectivity index (χ4n) is 3.61. The number of ketones is 1. The SMILES string of the molecule is CC1([C@@H](CC(=O)c2cc(=O)[nH]c(-c3ncccn3)n2)c2ccc(OC(F)F)cc2)CC1. The van der Waals surface area contributed by atoms with E-state index in [9.17, 15) is 18.4 Å². The first-order valence-electron chi connectivity index (χ1n) is 9.81. The highest BCUT2D eigenvalue weighted by Gasteiger charge is 2.46. The van der Waals surface area contributed by atoms with E-state index in [1.807, 2.05) is 0 Å². The number of hydrogen-bond acceptors (Lipinski definition) is 6. The zero-order chi connectivity index (χ0) is 22.0. The van der Waals surface area contributed by atoms with Crippen LogP contribution in [0.2, 0.25) is 0 Å². The largest absolute Gasteiger partial charge is 0.435 e. The monoisotopic (exact) mass is 426 g/mol. The van der Waals surface area contributed by atoms with Crippen molar-refractivity contribution in [2.75, 3.05) is 0 Å². The average molecular weight is 426 g/mol. The van der Waals surface area contributed by atoms with Crippen LogP contribution in [-0.4, -0.2) is 32.3 Å². The van der Waals surface area contributed by atoms with Gasteiger partial charge in [-0.2, -0.15) is 8.78 Å². The first kappa shape index (κ1) is 20.8. The van der Waals surface area contributed by atoms with Gasteiger partial charge in [-0.15, -0.1) is 0 Å². The predicted octanol–water partition coefficient (Wildman–Crippen LogP) is 3.99. The maximum Gasteiger partial charge on any atom is 0.387 e. The van der Waals surface area contributed by atoms with E-state index in [0.717, 1.165) is 18.4 Å². The van der Waals surface area contributed by atoms with E-state index in [1.54, 1.807) is 18.2 Å². The zero-order valence-electron chi connectivity index (χ0n) is 16.7. The smallest absolute Gasteiger partial charge is 0.387 e. The number of nitrogens with one attached hydrogen (secondary N) is 1. The van der Waals surface area contributed by atoms with Crippen LogP contribution in [0.4, 0.5) is 8.78 Å². The number of halogens is 2. The molecule has 2 heterocycles. The second-order valence-electron chi connectivity index (χ2n) is 7.83. The first-order chi connectivity index (χ1) is 14.8. The number of H-pyrrole nitrogens is 1. The molecule has 1 N–H and O–H groups in total. The van der Waals surface area contributed by atoms with Gasteiger partial charge in [0.05, 0.1) is 0 Å². The lowest BCUT2D eigenvalue weighted by Crippen LogP contribution is -2.19. The molecule has 1 saturated carbocycles. The Balaban J connectivity index is 1.59. The molecular weight excluding hydrogens is 406 g/mol. The van der Waals surface area contributed by atoms with Crippen LogP contribution in [0.1, 0.15) is 48.2 Å². The maximum atomic E-state index is 13.1. The molecule has 3 aromatic rings. The average Bonchev–Trinajstić information content (AvgIpc) is 3.50. The van der Waals surface area contributed by atoms with Gasteiger partial charge in [-0.25, -0.2) is 15.0 Å². The summed E-state index contributed by atoms with van der Waals surface area (Å²) < 4.78 is 29.2. The second kappa shape index (κ2) is 8.33. The molecule has 1 aliphatic rings. The van der Waals surface area contributed by atoms with Crippen LogP contribution in [0.3, 0.4) is 0 Å². The highest BCUT2D eigenvalue weighted by molar-refractivity contribution is 5.95. The molecule has 1 aromatic carbocycles. The van der Waals surface area contributed by atoms with Crippen molar-refractivity contribution in [3.63, 3.8) is 0 Å². The lowest BCUT2D eigenvalue weighted by molar-refractivity contribution is -0.0498. The molecule has 160 valence electrons. The third kappa shape index (κ3) is 4.82. The molecule has 0 bridgehead atoms. The summed E-state index contributed by atoms with van der Waals surface area (Å²) in [5.41, 5.74) is 0.348. The Hall–Kier alpha value is -3.49. The Morgan fingerprint density at radius 1 is 1.19 bits per heavy atom. The van der Waals surface area contributed by atoms with E-state index in [0.29, 0.717) is 0 Å². The van der Waals surface area contributed by atoms with Gasteiger partial charge < -0.3 is 9.72 Å². The van der Waals surface area contributed by atoms with Crippen molar-refractivity contribution in [3.05, 3.63) is 70.4 Å². The number of hydrogen-bond donors (Lipinski definition) is 1. The third-order valence-corrected chi connectivity index (χ3v) is 5.58. The summed E-state index contributed by atoms with van der Waals surface area (Å²) in [4.78, 5) is 40.1. The molecule has 7 nitrogen and oxygen atoms in total. The summed E-state index contributed by atoms with van der Waals surface area (Å²) in [5, 5.41) is 0. The normalized spacial score (nSPS) is 15.5. The van der Waals surface area contributed by atoms with Gasteiger partial charge in [0.1, 0.15) is 11.4 Å². The molecule has 0 unspecified atom stereocenters. The van der Waals surface area contributed by atoms with Crippen LogP contribution in [0, 0.1) is 5.41 Å². The van der Waals surface area contributed by atoms with Gasteiger partial charge in [0.25, 0.3) is 5.56 Å². The second-order valence-corrected chi connectivity index (χ2v) is 7.83. The first-order valence-corrected chi connectivity index (χ1v) is 9.81. The highest BCUT2D eigenvalue weighted by Crippen LogP contribution is 2.57. The van der Waals surface area contributed by atoms with Gasteiger partial charge in [0.15, 0.2) is 17.4 Å². The van der Waals surface area contributed by atoms with E-state index in [1.165, 1.54) is 30.6 Å².